The molecule has 8 heteroatoms. The minimum Gasteiger partial charge on any atom is -0.479 e. The maximum Gasteiger partial charge on any atom is 0.407 e. The number of aliphatic carboxylic acids is 1. The van der Waals surface area contributed by atoms with Crippen molar-refractivity contribution in [1.82, 2.24) is 10.2 Å². The van der Waals surface area contributed by atoms with Crippen LogP contribution in [0.1, 0.15) is 50.7 Å². The van der Waals surface area contributed by atoms with Crippen molar-refractivity contribution >= 4 is 18.0 Å². The average molecular weight is 481 g/mol. The molecule has 2 aliphatic rings. The third-order valence-corrected chi connectivity index (χ3v) is 6.71. The van der Waals surface area contributed by atoms with Gasteiger partial charge in [0.1, 0.15) is 12.6 Å². The molecular weight excluding hydrogens is 448 g/mol. The van der Waals surface area contributed by atoms with Gasteiger partial charge in [-0.15, -0.1) is 0 Å². The summed E-state index contributed by atoms with van der Waals surface area (Å²) in [5, 5.41) is 22.2. The normalized spacial score (nSPS) is 20.2. The second-order valence-corrected chi connectivity index (χ2v) is 10.6. The molecular formula is C27H32N2O6. The van der Waals surface area contributed by atoms with E-state index in [2.05, 4.69) is 17.4 Å². The molecule has 0 aromatic heterocycles. The first kappa shape index (κ1) is 24.7. The molecule has 35 heavy (non-hydrogen) atoms. The lowest BCUT2D eigenvalue weighted by molar-refractivity contribution is -0.157. The highest BCUT2D eigenvalue weighted by Crippen LogP contribution is 2.44. The Bertz CT molecular complexity index is 1090. The molecule has 0 spiro atoms. The van der Waals surface area contributed by atoms with Crippen LogP contribution in [0.2, 0.25) is 0 Å². The summed E-state index contributed by atoms with van der Waals surface area (Å²) in [7, 11) is 0. The monoisotopic (exact) mass is 480 g/mol. The van der Waals surface area contributed by atoms with Gasteiger partial charge in [-0.1, -0.05) is 69.3 Å². The summed E-state index contributed by atoms with van der Waals surface area (Å²) in [6, 6.07) is 15.2. The highest BCUT2D eigenvalue weighted by molar-refractivity contribution is 5.88. The Labute approximate surface area is 204 Å². The number of aliphatic hydroxyl groups is 1. The fourth-order valence-corrected chi connectivity index (χ4v) is 4.97. The largest absolute Gasteiger partial charge is 0.479 e. The molecule has 186 valence electrons. The zero-order valence-electron chi connectivity index (χ0n) is 20.3. The number of carbonyl (C=O) groups is 3. The molecule has 0 saturated carbocycles. The van der Waals surface area contributed by atoms with Crippen LogP contribution < -0.4 is 5.32 Å². The van der Waals surface area contributed by atoms with Gasteiger partial charge in [0.2, 0.25) is 5.91 Å². The number of amides is 2. The number of hydrogen-bond acceptors (Lipinski definition) is 5. The minimum absolute atomic E-state index is 0.0543. The van der Waals surface area contributed by atoms with Crippen LogP contribution in [0.4, 0.5) is 4.79 Å². The SMILES string of the molecule is CC(C)(C)CC(NC(=O)OCC1c2ccccc2-c2ccccc21)C(=O)N1CCC(O)(C(=O)O)C1. The van der Waals surface area contributed by atoms with Crippen molar-refractivity contribution < 1.29 is 29.3 Å². The number of hydrogen-bond donors (Lipinski definition) is 3. The molecule has 0 bridgehead atoms. The number of benzene rings is 2. The second-order valence-electron chi connectivity index (χ2n) is 10.6. The summed E-state index contributed by atoms with van der Waals surface area (Å²) in [6.45, 7) is 5.76. The lowest BCUT2D eigenvalue weighted by Gasteiger charge is -2.29. The molecule has 2 unspecified atom stereocenters. The van der Waals surface area contributed by atoms with Gasteiger partial charge in [0, 0.05) is 18.9 Å². The molecule has 2 aromatic rings. The molecule has 1 heterocycles. The predicted molar refractivity (Wildman–Crippen MR) is 130 cm³/mol. The van der Waals surface area contributed by atoms with E-state index in [9.17, 15) is 24.6 Å². The molecule has 3 N–H and O–H groups in total. The third-order valence-electron chi connectivity index (χ3n) is 6.71. The maximum atomic E-state index is 13.2. The van der Waals surface area contributed by atoms with Crippen molar-refractivity contribution in [1.29, 1.82) is 0 Å². The fourth-order valence-electron chi connectivity index (χ4n) is 4.97. The zero-order valence-corrected chi connectivity index (χ0v) is 20.3. The van der Waals surface area contributed by atoms with E-state index in [0.29, 0.717) is 6.42 Å². The number of carboxylic acid groups (broad SMARTS) is 1. The molecule has 8 nitrogen and oxygen atoms in total. The topological polar surface area (TPSA) is 116 Å². The third kappa shape index (κ3) is 5.17. The van der Waals surface area contributed by atoms with E-state index in [0.717, 1.165) is 22.3 Å². The van der Waals surface area contributed by atoms with E-state index >= 15 is 0 Å². The van der Waals surface area contributed by atoms with Gasteiger partial charge in [-0.05, 0) is 34.1 Å². The lowest BCUT2D eigenvalue weighted by Crippen LogP contribution is -2.51. The van der Waals surface area contributed by atoms with E-state index in [1.807, 2.05) is 57.2 Å². The molecule has 2 amide bonds. The van der Waals surface area contributed by atoms with Crippen molar-refractivity contribution in [3.05, 3.63) is 59.7 Å². The Morgan fingerprint density at radius 3 is 2.17 bits per heavy atom. The second kappa shape index (κ2) is 9.34. The van der Waals surface area contributed by atoms with Crippen LogP contribution in [0.3, 0.4) is 0 Å². The van der Waals surface area contributed by atoms with E-state index in [1.54, 1.807) is 0 Å². The number of ether oxygens (including phenoxy) is 1. The highest BCUT2D eigenvalue weighted by atomic mass is 16.5. The van der Waals surface area contributed by atoms with Gasteiger partial charge in [0.15, 0.2) is 5.60 Å². The van der Waals surface area contributed by atoms with Crippen molar-refractivity contribution in [3.8, 4) is 11.1 Å². The van der Waals surface area contributed by atoms with Crippen LogP contribution in [0.15, 0.2) is 48.5 Å². The highest BCUT2D eigenvalue weighted by Gasteiger charge is 2.46. The average Bonchev–Trinajstić information content (AvgIpc) is 3.35. The molecule has 1 aliphatic heterocycles. The zero-order chi connectivity index (χ0) is 25.4. The van der Waals surface area contributed by atoms with E-state index in [4.69, 9.17) is 4.74 Å². The summed E-state index contributed by atoms with van der Waals surface area (Å²) in [4.78, 5) is 38.7. The number of nitrogens with one attached hydrogen (secondary N) is 1. The van der Waals surface area contributed by atoms with Gasteiger partial charge in [-0.2, -0.15) is 0 Å². The van der Waals surface area contributed by atoms with Crippen molar-refractivity contribution in [2.45, 2.75) is 51.2 Å². The quantitative estimate of drug-likeness (QED) is 0.584. The smallest absolute Gasteiger partial charge is 0.407 e. The van der Waals surface area contributed by atoms with Gasteiger partial charge in [-0.25, -0.2) is 9.59 Å². The number of alkyl carbamates (subject to hydrolysis) is 1. The number of carboxylic acids is 1. The summed E-state index contributed by atoms with van der Waals surface area (Å²) in [5.74, 6) is -1.88. The van der Waals surface area contributed by atoms with Crippen LogP contribution in [-0.2, 0) is 14.3 Å². The molecule has 1 fully saturated rings. The number of carbonyl (C=O) groups excluding carboxylic acids is 2. The fraction of sp³-hybridized carbons (Fsp3) is 0.444. The van der Waals surface area contributed by atoms with E-state index < -0.39 is 29.6 Å². The standard InChI is InChI=1S/C27H32N2O6/c1-26(2,3)14-22(23(30)29-13-12-27(34,16-29)24(31)32)28-25(33)35-15-21-19-10-6-4-8-17(19)18-9-5-7-11-20(18)21/h4-11,21-22,34H,12-16H2,1-3H3,(H,28,33)(H,31,32). The molecule has 2 atom stereocenters. The van der Waals surface area contributed by atoms with Crippen molar-refractivity contribution in [2.75, 3.05) is 19.7 Å². The molecule has 4 rings (SSSR count). The van der Waals surface area contributed by atoms with Gasteiger partial charge in [-0.3, -0.25) is 4.79 Å². The van der Waals surface area contributed by atoms with Crippen LogP contribution in [0.25, 0.3) is 11.1 Å². The van der Waals surface area contributed by atoms with E-state index in [1.165, 1.54) is 4.90 Å². The first-order chi connectivity index (χ1) is 16.5. The predicted octanol–water partition coefficient (Wildman–Crippen LogP) is 3.38. The Kier molecular flexibility index (Phi) is 6.60. The Hall–Kier alpha value is -3.39. The molecule has 1 aliphatic carbocycles. The molecule has 2 aromatic carbocycles. The van der Waals surface area contributed by atoms with Gasteiger partial charge in [0.25, 0.3) is 0 Å². The molecule has 1 saturated heterocycles. The van der Waals surface area contributed by atoms with E-state index in [-0.39, 0.29) is 37.5 Å². The first-order valence-electron chi connectivity index (χ1n) is 11.8. The Morgan fingerprint density at radius 2 is 1.66 bits per heavy atom. The Morgan fingerprint density at radius 1 is 1.09 bits per heavy atom. The van der Waals surface area contributed by atoms with Crippen molar-refractivity contribution in [2.24, 2.45) is 5.41 Å². The Balaban J connectivity index is 1.45. The lowest BCUT2D eigenvalue weighted by atomic mass is 9.87. The first-order valence-corrected chi connectivity index (χ1v) is 11.8. The molecule has 0 radical (unpaired) electrons. The number of nitrogens with zero attached hydrogens (tertiary/aromatic N) is 1. The van der Waals surface area contributed by atoms with Crippen LogP contribution in [0.5, 0.6) is 0 Å². The number of β-amino-alcohol motifs (C(OH)–C–C–N with tert-alkyl or cyclic N) is 1. The minimum atomic E-state index is -1.97. The summed E-state index contributed by atoms with van der Waals surface area (Å²) >= 11 is 0. The maximum absolute atomic E-state index is 13.2. The van der Waals surface area contributed by atoms with Crippen molar-refractivity contribution in [3.63, 3.8) is 0 Å². The number of fused-ring (bicyclic) bond motifs is 3. The summed E-state index contributed by atoms with van der Waals surface area (Å²) < 4.78 is 5.61. The van der Waals surface area contributed by atoms with Gasteiger partial charge in [0.05, 0.1) is 6.54 Å². The summed E-state index contributed by atoms with van der Waals surface area (Å²) in [6.07, 6.45) is -0.429. The summed E-state index contributed by atoms with van der Waals surface area (Å²) in [5.41, 5.74) is 2.17. The van der Waals surface area contributed by atoms with Gasteiger partial charge >= 0.3 is 12.1 Å². The number of rotatable bonds is 6. The van der Waals surface area contributed by atoms with Crippen LogP contribution >= 0.6 is 0 Å². The number of likely N-dealkylation sites (tertiary alicyclic amines) is 1. The van der Waals surface area contributed by atoms with Crippen LogP contribution in [0, 0.1) is 5.41 Å². The van der Waals surface area contributed by atoms with Crippen LogP contribution in [-0.4, -0.2) is 64.4 Å². The van der Waals surface area contributed by atoms with Gasteiger partial charge < -0.3 is 25.2 Å².